The third-order valence-electron chi connectivity index (χ3n) is 6.32. The van der Waals surface area contributed by atoms with Crippen molar-refractivity contribution in [3.63, 3.8) is 0 Å². The van der Waals surface area contributed by atoms with Crippen LogP contribution in [0.1, 0.15) is 32.4 Å². The maximum Gasteiger partial charge on any atom is 0.318 e. The van der Waals surface area contributed by atoms with Gasteiger partial charge >= 0.3 is 6.03 Å². The molecule has 1 N–H and O–H groups in total. The Morgan fingerprint density at radius 2 is 1.84 bits per heavy atom. The molecule has 0 spiro atoms. The van der Waals surface area contributed by atoms with Gasteiger partial charge in [-0.2, -0.15) is 0 Å². The molecule has 4 heterocycles. The fourth-order valence-electron chi connectivity index (χ4n) is 5.02. The highest BCUT2D eigenvalue weighted by Crippen LogP contribution is 2.33. The lowest BCUT2D eigenvalue weighted by Crippen LogP contribution is -2.58. The Labute approximate surface area is 187 Å². The molecule has 2 aliphatic heterocycles. The zero-order valence-corrected chi connectivity index (χ0v) is 18.7. The van der Waals surface area contributed by atoms with Crippen LogP contribution < -0.4 is 5.32 Å². The molecule has 0 saturated carbocycles. The monoisotopic (exact) mass is 437 g/mol. The number of carbonyl (C=O) groups is 1. The Morgan fingerprint density at radius 1 is 1.13 bits per heavy atom. The smallest absolute Gasteiger partial charge is 0.318 e. The fourth-order valence-corrected chi connectivity index (χ4v) is 5.15. The van der Waals surface area contributed by atoms with Crippen molar-refractivity contribution in [3.8, 4) is 11.3 Å². The quantitative estimate of drug-likeness (QED) is 0.657. The van der Waals surface area contributed by atoms with Gasteiger partial charge in [-0.3, -0.25) is 4.90 Å². The molecule has 162 valence electrons. The van der Waals surface area contributed by atoms with Crippen LogP contribution in [-0.4, -0.2) is 56.4 Å². The summed E-state index contributed by atoms with van der Waals surface area (Å²) < 4.78 is 2.18. The molecule has 2 aliphatic rings. The zero-order valence-electron chi connectivity index (χ0n) is 18.0. The summed E-state index contributed by atoms with van der Waals surface area (Å²) in [5.74, 6) is 0. The molecule has 2 atom stereocenters. The molecule has 2 unspecified atom stereocenters. The molecule has 2 fully saturated rings. The number of imidazole rings is 1. The number of hydrogen-bond acceptors (Lipinski definition) is 3. The number of likely N-dealkylation sites (tertiary alicyclic amines) is 1. The van der Waals surface area contributed by atoms with Crippen molar-refractivity contribution < 1.29 is 4.79 Å². The molecule has 2 bridgehead atoms. The number of amides is 2. The van der Waals surface area contributed by atoms with Crippen molar-refractivity contribution >= 4 is 23.3 Å². The molecule has 5 rings (SSSR count). The Hall–Kier alpha value is -2.57. The van der Waals surface area contributed by atoms with Gasteiger partial charge < -0.3 is 14.6 Å². The molecule has 31 heavy (non-hydrogen) atoms. The maximum absolute atomic E-state index is 12.7. The van der Waals surface area contributed by atoms with Crippen molar-refractivity contribution in [3.05, 3.63) is 59.4 Å². The number of piperazine rings is 1. The summed E-state index contributed by atoms with van der Waals surface area (Å²) in [4.78, 5) is 22.2. The number of carbonyl (C=O) groups excluding carboxylic acids is 1. The van der Waals surface area contributed by atoms with Gasteiger partial charge in [0.2, 0.25) is 0 Å². The average Bonchev–Trinajstić information content (AvgIpc) is 3.23. The topological polar surface area (TPSA) is 52.9 Å². The van der Waals surface area contributed by atoms with E-state index >= 15 is 0 Å². The normalized spacial score (nSPS) is 21.2. The number of rotatable bonds is 4. The van der Waals surface area contributed by atoms with Gasteiger partial charge in [0.15, 0.2) is 0 Å². The fraction of sp³-hybridized carbons (Fsp3) is 0.417. The molecular formula is C24H28ClN5O. The lowest BCUT2D eigenvalue weighted by atomic mass is 10.1. The van der Waals surface area contributed by atoms with Crippen molar-refractivity contribution in [1.82, 2.24) is 24.5 Å². The predicted molar refractivity (Wildman–Crippen MR) is 123 cm³/mol. The molecule has 3 aromatic rings. The van der Waals surface area contributed by atoms with E-state index in [1.807, 2.05) is 56.3 Å². The number of nitrogens with zero attached hydrogens (tertiary/aromatic N) is 4. The van der Waals surface area contributed by atoms with E-state index in [-0.39, 0.29) is 24.2 Å². The first-order valence-electron chi connectivity index (χ1n) is 11.0. The summed E-state index contributed by atoms with van der Waals surface area (Å²) in [6, 6.07) is 14.8. The van der Waals surface area contributed by atoms with Crippen LogP contribution >= 0.6 is 11.6 Å². The minimum Gasteiger partial charge on any atom is -0.336 e. The minimum atomic E-state index is 0.0822. The first-order chi connectivity index (χ1) is 15.0. The highest BCUT2D eigenvalue weighted by molar-refractivity contribution is 6.30. The second-order valence-corrected chi connectivity index (χ2v) is 9.37. The Morgan fingerprint density at radius 3 is 2.52 bits per heavy atom. The largest absolute Gasteiger partial charge is 0.336 e. The van der Waals surface area contributed by atoms with Crippen LogP contribution in [0.3, 0.4) is 0 Å². The van der Waals surface area contributed by atoms with Gasteiger partial charge in [-0.05, 0) is 51.0 Å². The first-order valence-corrected chi connectivity index (χ1v) is 11.4. The highest BCUT2D eigenvalue weighted by atomic mass is 35.5. The number of nitrogens with one attached hydrogen (secondary N) is 1. The number of aromatic nitrogens is 2. The number of fused-ring (bicyclic) bond motifs is 3. The summed E-state index contributed by atoms with van der Waals surface area (Å²) in [6.07, 6.45) is 4.23. The lowest BCUT2D eigenvalue weighted by Gasteiger charge is -2.41. The van der Waals surface area contributed by atoms with E-state index < -0.39 is 0 Å². The van der Waals surface area contributed by atoms with Crippen LogP contribution in [0, 0.1) is 0 Å². The van der Waals surface area contributed by atoms with E-state index in [0.717, 1.165) is 54.4 Å². The SMILES string of the molecule is CC(C)NC(=O)N1C2CCC1CN(Cc1c(-c3ccc(Cl)cc3)nc3ccccn13)C2. The molecule has 0 radical (unpaired) electrons. The highest BCUT2D eigenvalue weighted by Gasteiger charge is 2.42. The second-order valence-electron chi connectivity index (χ2n) is 8.93. The second kappa shape index (κ2) is 8.17. The molecule has 1 aromatic carbocycles. The van der Waals surface area contributed by atoms with Gasteiger partial charge in [0.1, 0.15) is 5.65 Å². The Balaban J connectivity index is 1.42. The van der Waals surface area contributed by atoms with Gasteiger partial charge in [0.25, 0.3) is 0 Å². The number of halogens is 1. The lowest BCUT2D eigenvalue weighted by molar-refractivity contribution is 0.0824. The number of benzene rings is 1. The van der Waals surface area contributed by atoms with Crippen LogP contribution in [0.15, 0.2) is 48.7 Å². The van der Waals surface area contributed by atoms with Gasteiger partial charge in [-0.15, -0.1) is 0 Å². The number of hydrogen-bond donors (Lipinski definition) is 1. The minimum absolute atomic E-state index is 0.0822. The molecule has 2 amide bonds. The Bertz CT molecular complexity index is 1080. The van der Waals surface area contributed by atoms with E-state index in [4.69, 9.17) is 16.6 Å². The molecule has 0 aliphatic carbocycles. The van der Waals surface area contributed by atoms with Crippen molar-refractivity contribution in [1.29, 1.82) is 0 Å². The van der Waals surface area contributed by atoms with E-state index in [9.17, 15) is 4.79 Å². The van der Waals surface area contributed by atoms with Gasteiger partial charge in [-0.1, -0.05) is 29.8 Å². The summed E-state index contributed by atoms with van der Waals surface area (Å²) in [7, 11) is 0. The maximum atomic E-state index is 12.7. The van der Waals surface area contributed by atoms with Crippen molar-refractivity contribution in [2.45, 2.75) is 51.4 Å². The van der Waals surface area contributed by atoms with Crippen LogP contribution in [0.5, 0.6) is 0 Å². The van der Waals surface area contributed by atoms with E-state index in [1.54, 1.807) is 0 Å². The van der Waals surface area contributed by atoms with E-state index in [1.165, 1.54) is 5.69 Å². The van der Waals surface area contributed by atoms with Crippen LogP contribution in [0.2, 0.25) is 5.02 Å². The zero-order chi connectivity index (χ0) is 21.5. The molecule has 2 saturated heterocycles. The average molecular weight is 438 g/mol. The van der Waals surface area contributed by atoms with Crippen LogP contribution in [-0.2, 0) is 6.54 Å². The number of pyridine rings is 1. The molecule has 7 heteroatoms. The van der Waals surface area contributed by atoms with Crippen molar-refractivity contribution in [2.24, 2.45) is 0 Å². The predicted octanol–water partition coefficient (Wildman–Crippen LogP) is 4.42. The van der Waals surface area contributed by atoms with Gasteiger partial charge in [0, 0.05) is 54.5 Å². The summed E-state index contributed by atoms with van der Waals surface area (Å²) >= 11 is 6.11. The van der Waals surface area contributed by atoms with Crippen molar-refractivity contribution in [2.75, 3.05) is 13.1 Å². The van der Waals surface area contributed by atoms with Crippen LogP contribution in [0.4, 0.5) is 4.79 Å². The number of urea groups is 1. The Kier molecular flexibility index (Phi) is 5.36. The molecule has 2 aromatic heterocycles. The third kappa shape index (κ3) is 3.90. The standard InChI is InChI=1S/C24H28ClN5O/c1-16(2)26-24(31)30-19-10-11-20(30)14-28(13-19)15-21-23(17-6-8-18(25)9-7-17)27-22-5-3-4-12-29(21)22/h3-9,12,16,19-20H,10-11,13-15H2,1-2H3,(H,26,31). The van der Waals surface area contributed by atoms with Gasteiger partial charge in [-0.25, -0.2) is 9.78 Å². The summed E-state index contributed by atoms with van der Waals surface area (Å²) in [5, 5.41) is 3.80. The molecule has 6 nitrogen and oxygen atoms in total. The van der Waals surface area contributed by atoms with E-state index in [2.05, 4.69) is 25.7 Å². The third-order valence-corrected chi connectivity index (χ3v) is 6.58. The van der Waals surface area contributed by atoms with Crippen LogP contribution in [0.25, 0.3) is 16.9 Å². The van der Waals surface area contributed by atoms with E-state index in [0.29, 0.717) is 0 Å². The summed E-state index contributed by atoms with van der Waals surface area (Å²) in [5.41, 5.74) is 4.19. The molecular weight excluding hydrogens is 410 g/mol. The summed E-state index contributed by atoms with van der Waals surface area (Å²) in [6.45, 7) is 6.61. The first kappa shape index (κ1) is 20.3. The van der Waals surface area contributed by atoms with Gasteiger partial charge in [0.05, 0.1) is 11.4 Å².